The van der Waals surface area contributed by atoms with E-state index in [1.807, 2.05) is 4.98 Å². The summed E-state index contributed by atoms with van der Waals surface area (Å²) in [6, 6.07) is 2.70. The summed E-state index contributed by atoms with van der Waals surface area (Å²) >= 11 is 0. The Morgan fingerprint density at radius 2 is 1.75 bits per heavy atom. The Morgan fingerprint density at radius 1 is 1.17 bits per heavy atom. The first kappa shape index (κ1) is 16.9. The minimum Gasteiger partial charge on any atom is -0.507 e. The maximum atomic E-state index is 12.0. The SMILES string of the molecule is COc1cc(C)c(O)c(-c2c(C(=O)O)c(N)[nH]c(=O)c2C(=O)O)c1. The predicted octanol–water partition coefficient (Wildman–Crippen LogP) is 1.04. The molecular weight excluding hydrogens is 320 g/mol. The number of carbonyl (C=O) groups is 2. The van der Waals surface area contributed by atoms with Gasteiger partial charge < -0.3 is 30.8 Å². The van der Waals surface area contributed by atoms with E-state index >= 15 is 0 Å². The predicted molar refractivity (Wildman–Crippen MR) is 83.8 cm³/mol. The number of pyridine rings is 1. The van der Waals surface area contributed by atoms with Gasteiger partial charge in [-0.1, -0.05) is 0 Å². The summed E-state index contributed by atoms with van der Waals surface area (Å²) in [7, 11) is 1.35. The van der Waals surface area contributed by atoms with Crippen molar-refractivity contribution in [3.05, 3.63) is 39.2 Å². The highest BCUT2D eigenvalue weighted by atomic mass is 16.5. The number of nitrogens with two attached hydrogens (primary N) is 1. The monoisotopic (exact) mass is 334 g/mol. The fraction of sp³-hybridized carbons (Fsp3) is 0.133. The van der Waals surface area contributed by atoms with Crippen molar-refractivity contribution in [3.63, 3.8) is 0 Å². The van der Waals surface area contributed by atoms with Gasteiger partial charge in [-0.25, -0.2) is 9.59 Å². The van der Waals surface area contributed by atoms with Crippen LogP contribution in [0.25, 0.3) is 11.1 Å². The Bertz CT molecular complexity index is 915. The molecule has 9 heteroatoms. The summed E-state index contributed by atoms with van der Waals surface area (Å²) in [6.07, 6.45) is 0. The van der Waals surface area contributed by atoms with Crippen LogP contribution >= 0.6 is 0 Å². The Labute approximate surface area is 134 Å². The third-order valence-electron chi connectivity index (χ3n) is 3.45. The number of ether oxygens (including phenoxy) is 1. The van der Waals surface area contributed by atoms with Crippen LogP contribution in [0.2, 0.25) is 0 Å². The van der Waals surface area contributed by atoms with E-state index in [4.69, 9.17) is 10.5 Å². The number of aromatic nitrogens is 1. The number of aryl methyl sites for hydroxylation is 1. The van der Waals surface area contributed by atoms with Crippen molar-refractivity contribution in [2.24, 2.45) is 0 Å². The number of anilines is 1. The summed E-state index contributed by atoms with van der Waals surface area (Å²) in [4.78, 5) is 37.0. The summed E-state index contributed by atoms with van der Waals surface area (Å²) < 4.78 is 5.05. The first-order valence-corrected chi connectivity index (χ1v) is 6.59. The molecule has 0 spiro atoms. The van der Waals surface area contributed by atoms with Gasteiger partial charge in [-0.15, -0.1) is 0 Å². The van der Waals surface area contributed by atoms with E-state index in [1.54, 1.807) is 0 Å². The average molecular weight is 334 g/mol. The first-order valence-electron chi connectivity index (χ1n) is 6.59. The smallest absolute Gasteiger partial charge is 0.342 e. The van der Waals surface area contributed by atoms with Crippen molar-refractivity contribution >= 4 is 17.8 Å². The van der Waals surface area contributed by atoms with Gasteiger partial charge in [0.2, 0.25) is 0 Å². The lowest BCUT2D eigenvalue weighted by molar-refractivity contribution is 0.0695. The number of nitrogens with one attached hydrogen (secondary N) is 1. The molecule has 1 heterocycles. The lowest BCUT2D eigenvalue weighted by Crippen LogP contribution is -2.24. The molecule has 0 fully saturated rings. The number of benzene rings is 1. The maximum absolute atomic E-state index is 12.0. The number of carboxylic acid groups (broad SMARTS) is 2. The average Bonchev–Trinajstić information content (AvgIpc) is 2.48. The van der Waals surface area contributed by atoms with Gasteiger partial charge in [-0.05, 0) is 24.6 Å². The summed E-state index contributed by atoms with van der Waals surface area (Å²) in [5, 5.41) is 29.0. The number of phenolic OH excluding ortho intramolecular Hbond substituents is 1. The number of carboxylic acids is 2. The number of rotatable bonds is 4. The number of hydrogen-bond donors (Lipinski definition) is 5. The standard InChI is InChI=1S/C15H14N2O7/c1-5-3-6(24-2)4-7(11(5)18)8-9(14(20)21)12(16)17-13(19)10(8)15(22)23/h3-4,18H,1-2H3,(H,20,21)(H,22,23)(H3,16,17,19). The molecule has 1 aromatic carbocycles. The van der Waals surface area contributed by atoms with E-state index in [1.165, 1.54) is 26.2 Å². The van der Waals surface area contributed by atoms with Gasteiger partial charge in [0.25, 0.3) is 5.56 Å². The van der Waals surface area contributed by atoms with Crippen molar-refractivity contribution in [3.8, 4) is 22.6 Å². The molecule has 2 aromatic rings. The zero-order valence-corrected chi connectivity index (χ0v) is 12.7. The molecule has 0 radical (unpaired) electrons. The van der Waals surface area contributed by atoms with Crippen LogP contribution in [0.4, 0.5) is 5.82 Å². The number of aromatic hydroxyl groups is 1. The van der Waals surface area contributed by atoms with E-state index in [0.29, 0.717) is 5.56 Å². The number of nitrogen functional groups attached to an aromatic ring is 1. The Balaban J connectivity index is 3.08. The van der Waals surface area contributed by atoms with Crippen LogP contribution in [0.1, 0.15) is 26.3 Å². The third kappa shape index (κ3) is 2.62. The minimum atomic E-state index is -1.66. The van der Waals surface area contributed by atoms with Crippen molar-refractivity contribution < 1.29 is 29.6 Å². The third-order valence-corrected chi connectivity index (χ3v) is 3.45. The quantitative estimate of drug-likeness (QED) is 0.553. The van der Waals surface area contributed by atoms with E-state index in [-0.39, 0.29) is 17.1 Å². The van der Waals surface area contributed by atoms with Crippen LogP contribution in [0, 0.1) is 6.92 Å². The van der Waals surface area contributed by atoms with E-state index in [0.717, 1.165) is 0 Å². The number of H-pyrrole nitrogens is 1. The molecule has 6 N–H and O–H groups in total. The molecule has 0 atom stereocenters. The van der Waals surface area contributed by atoms with Gasteiger partial charge in [0.15, 0.2) is 0 Å². The second-order valence-corrected chi connectivity index (χ2v) is 4.94. The molecule has 0 aliphatic heterocycles. The van der Waals surface area contributed by atoms with Crippen LogP contribution in [-0.2, 0) is 0 Å². The minimum absolute atomic E-state index is 0.181. The van der Waals surface area contributed by atoms with Gasteiger partial charge in [0, 0.05) is 11.1 Å². The topological polar surface area (TPSA) is 163 Å². The molecule has 24 heavy (non-hydrogen) atoms. The zero-order valence-electron chi connectivity index (χ0n) is 12.7. The Kier molecular flexibility index (Phi) is 4.19. The fourth-order valence-electron chi connectivity index (χ4n) is 2.37. The van der Waals surface area contributed by atoms with Crippen molar-refractivity contribution in [1.29, 1.82) is 0 Å². The summed E-state index contributed by atoms with van der Waals surface area (Å²) in [5.74, 6) is -3.88. The number of methoxy groups -OCH3 is 1. The van der Waals surface area contributed by atoms with Crippen LogP contribution in [0.5, 0.6) is 11.5 Å². The van der Waals surface area contributed by atoms with Gasteiger partial charge in [-0.3, -0.25) is 4.79 Å². The van der Waals surface area contributed by atoms with E-state index in [9.17, 15) is 29.7 Å². The molecule has 0 bridgehead atoms. The summed E-state index contributed by atoms with van der Waals surface area (Å²) in [5.41, 5.74) is 2.62. The summed E-state index contributed by atoms with van der Waals surface area (Å²) in [6.45, 7) is 1.51. The maximum Gasteiger partial charge on any atom is 0.342 e. The Hall–Kier alpha value is -3.49. The molecule has 0 amide bonds. The Morgan fingerprint density at radius 3 is 2.25 bits per heavy atom. The largest absolute Gasteiger partial charge is 0.507 e. The van der Waals surface area contributed by atoms with Gasteiger partial charge >= 0.3 is 11.9 Å². The first-order chi connectivity index (χ1) is 11.2. The van der Waals surface area contributed by atoms with Gasteiger partial charge in [-0.2, -0.15) is 0 Å². The van der Waals surface area contributed by atoms with Crippen molar-refractivity contribution in [2.75, 3.05) is 12.8 Å². The highest BCUT2D eigenvalue weighted by Gasteiger charge is 2.28. The van der Waals surface area contributed by atoms with Crippen molar-refractivity contribution in [2.45, 2.75) is 6.92 Å². The van der Waals surface area contributed by atoms with Crippen LogP contribution in [-0.4, -0.2) is 39.4 Å². The van der Waals surface area contributed by atoms with Gasteiger partial charge in [0.05, 0.1) is 7.11 Å². The lowest BCUT2D eigenvalue weighted by atomic mass is 9.93. The second kappa shape index (κ2) is 5.95. The molecule has 2 rings (SSSR count). The second-order valence-electron chi connectivity index (χ2n) is 4.94. The van der Waals surface area contributed by atoms with E-state index < -0.39 is 40.0 Å². The molecule has 0 aliphatic carbocycles. The van der Waals surface area contributed by atoms with Crippen LogP contribution in [0.15, 0.2) is 16.9 Å². The number of hydrogen-bond acceptors (Lipinski definition) is 6. The molecular formula is C15H14N2O7. The lowest BCUT2D eigenvalue weighted by Gasteiger charge is -2.15. The zero-order chi connectivity index (χ0) is 18.2. The normalized spacial score (nSPS) is 10.4. The molecule has 126 valence electrons. The molecule has 1 aromatic heterocycles. The van der Waals surface area contributed by atoms with Crippen LogP contribution in [0.3, 0.4) is 0 Å². The number of aromatic carboxylic acids is 2. The van der Waals surface area contributed by atoms with E-state index in [2.05, 4.69) is 0 Å². The van der Waals surface area contributed by atoms with Crippen molar-refractivity contribution in [1.82, 2.24) is 4.98 Å². The highest BCUT2D eigenvalue weighted by Crippen LogP contribution is 2.39. The fourth-order valence-corrected chi connectivity index (χ4v) is 2.37. The molecule has 0 saturated carbocycles. The highest BCUT2D eigenvalue weighted by molar-refractivity contribution is 6.08. The molecule has 0 unspecified atom stereocenters. The molecule has 0 aliphatic rings. The van der Waals surface area contributed by atoms with Gasteiger partial charge in [0.1, 0.15) is 28.4 Å². The number of aromatic amines is 1. The van der Waals surface area contributed by atoms with Crippen LogP contribution < -0.4 is 16.0 Å². The molecule has 0 saturated heterocycles. The molecule has 9 nitrogen and oxygen atoms in total. The number of phenols is 1.